The van der Waals surface area contributed by atoms with Crippen LogP contribution in [0.2, 0.25) is 0 Å². The lowest BCUT2D eigenvalue weighted by Crippen LogP contribution is -2.25. The monoisotopic (exact) mass is 200 g/mol. The number of halogens is 2. The molecule has 1 atom stereocenters. The summed E-state index contributed by atoms with van der Waals surface area (Å²) in [7, 11) is 0. The van der Waals surface area contributed by atoms with Gasteiger partial charge in [-0.2, -0.15) is 8.78 Å². The van der Waals surface area contributed by atoms with Crippen LogP contribution in [0.5, 0.6) is 0 Å². The van der Waals surface area contributed by atoms with Crippen LogP contribution in [-0.2, 0) is 4.79 Å². The zero-order chi connectivity index (χ0) is 9.78. The molecule has 0 bridgehead atoms. The van der Waals surface area contributed by atoms with Crippen molar-refractivity contribution in [3.63, 3.8) is 0 Å². The van der Waals surface area contributed by atoms with Crippen molar-refractivity contribution in [2.75, 3.05) is 12.4 Å². The SMILES string of the molecule is CC(CO)CSC(F)(F)C(=O)O. The molecule has 6 heteroatoms. The highest BCUT2D eigenvalue weighted by atomic mass is 32.2. The Morgan fingerprint density at radius 2 is 2.17 bits per heavy atom. The van der Waals surface area contributed by atoms with Gasteiger partial charge in [-0.15, -0.1) is 0 Å². The molecule has 0 saturated heterocycles. The van der Waals surface area contributed by atoms with Gasteiger partial charge < -0.3 is 10.2 Å². The maximum absolute atomic E-state index is 12.3. The average Bonchev–Trinajstić information content (AvgIpc) is 2.00. The summed E-state index contributed by atoms with van der Waals surface area (Å²) in [4.78, 5) is 9.89. The maximum atomic E-state index is 12.3. The molecule has 0 spiro atoms. The number of aliphatic hydroxyl groups is 1. The molecule has 72 valence electrons. The van der Waals surface area contributed by atoms with E-state index in [0.717, 1.165) is 0 Å². The Balaban J connectivity index is 3.83. The Hall–Kier alpha value is -0.360. The standard InChI is InChI=1S/C6H10F2O3S/c1-4(2-9)3-12-6(7,8)5(10)11/h4,9H,2-3H2,1H3,(H,10,11). The second kappa shape index (κ2) is 4.61. The molecule has 0 aliphatic rings. The van der Waals surface area contributed by atoms with Gasteiger partial charge in [-0.3, -0.25) is 0 Å². The molecule has 12 heavy (non-hydrogen) atoms. The third-order valence-corrected chi connectivity index (χ3v) is 2.38. The minimum atomic E-state index is -3.75. The quantitative estimate of drug-likeness (QED) is 0.695. The Bertz CT molecular complexity index is 163. The van der Waals surface area contributed by atoms with Gasteiger partial charge in [-0.1, -0.05) is 18.7 Å². The van der Waals surface area contributed by atoms with Gasteiger partial charge in [0.05, 0.1) is 0 Å². The second-order valence-electron chi connectivity index (χ2n) is 2.42. The van der Waals surface area contributed by atoms with Crippen LogP contribution >= 0.6 is 11.8 Å². The summed E-state index contributed by atoms with van der Waals surface area (Å²) in [5.41, 5.74) is 0. The predicted molar refractivity (Wildman–Crippen MR) is 41.3 cm³/mol. The van der Waals surface area contributed by atoms with E-state index in [-0.39, 0.29) is 30.0 Å². The number of hydrogen-bond acceptors (Lipinski definition) is 3. The first-order valence-electron chi connectivity index (χ1n) is 3.26. The van der Waals surface area contributed by atoms with Crippen molar-refractivity contribution in [3.05, 3.63) is 0 Å². The molecule has 0 aliphatic carbocycles. The molecule has 3 nitrogen and oxygen atoms in total. The number of hydrogen-bond donors (Lipinski definition) is 2. The normalized spacial score (nSPS) is 14.3. The highest BCUT2D eigenvalue weighted by Crippen LogP contribution is 2.30. The van der Waals surface area contributed by atoms with Crippen LogP contribution in [-0.4, -0.2) is 33.8 Å². The fraction of sp³-hybridized carbons (Fsp3) is 0.833. The van der Waals surface area contributed by atoms with Gasteiger partial charge in [0, 0.05) is 12.4 Å². The second-order valence-corrected chi connectivity index (χ2v) is 3.56. The molecule has 0 fully saturated rings. The Labute approximate surface area is 72.8 Å². The average molecular weight is 200 g/mol. The number of aliphatic carboxylic acids is 1. The molecule has 0 aliphatic heterocycles. The van der Waals surface area contributed by atoms with Crippen molar-refractivity contribution in [2.45, 2.75) is 12.2 Å². The van der Waals surface area contributed by atoms with E-state index in [2.05, 4.69) is 0 Å². The number of thioether (sulfide) groups is 1. The molecule has 0 rings (SSSR count). The summed E-state index contributed by atoms with van der Waals surface area (Å²) in [6, 6.07) is 0. The highest BCUT2D eigenvalue weighted by molar-refractivity contribution is 8.01. The van der Waals surface area contributed by atoms with Crippen LogP contribution in [0, 0.1) is 5.92 Å². The fourth-order valence-electron chi connectivity index (χ4n) is 0.361. The fourth-order valence-corrected chi connectivity index (χ4v) is 1.08. The molecular weight excluding hydrogens is 190 g/mol. The molecule has 0 heterocycles. The van der Waals surface area contributed by atoms with Gasteiger partial charge in [0.15, 0.2) is 0 Å². The van der Waals surface area contributed by atoms with E-state index < -0.39 is 11.2 Å². The first-order valence-corrected chi connectivity index (χ1v) is 4.24. The van der Waals surface area contributed by atoms with Crippen molar-refractivity contribution in [2.24, 2.45) is 5.92 Å². The van der Waals surface area contributed by atoms with E-state index in [0.29, 0.717) is 0 Å². The Morgan fingerprint density at radius 3 is 2.50 bits per heavy atom. The largest absolute Gasteiger partial charge is 0.476 e. The Kier molecular flexibility index (Phi) is 4.47. The molecule has 1 unspecified atom stereocenters. The highest BCUT2D eigenvalue weighted by Gasteiger charge is 2.39. The Morgan fingerprint density at radius 1 is 1.67 bits per heavy atom. The molecule has 0 radical (unpaired) electrons. The summed E-state index contributed by atoms with van der Waals surface area (Å²) in [6.07, 6.45) is 0. The number of rotatable bonds is 5. The minimum absolute atomic E-state index is 0.0266. The summed E-state index contributed by atoms with van der Waals surface area (Å²) >= 11 is 0.0266. The van der Waals surface area contributed by atoms with Crippen molar-refractivity contribution < 1.29 is 23.8 Å². The number of aliphatic hydroxyl groups excluding tert-OH is 1. The predicted octanol–water partition coefficient (Wildman–Crippen LogP) is 1.03. The smallest absolute Gasteiger partial charge is 0.388 e. The molecule has 0 aromatic carbocycles. The van der Waals surface area contributed by atoms with Gasteiger partial charge in [-0.05, 0) is 5.92 Å². The lowest BCUT2D eigenvalue weighted by atomic mass is 10.2. The molecule has 0 amide bonds. The number of carbonyl (C=O) groups is 1. The van der Waals surface area contributed by atoms with Gasteiger partial charge in [0.25, 0.3) is 0 Å². The zero-order valence-electron chi connectivity index (χ0n) is 6.46. The van der Waals surface area contributed by atoms with Crippen LogP contribution in [0.15, 0.2) is 0 Å². The zero-order valence-corrected chi connectivity index (χ0v) is 7.27. The van der Waals surface area contributed by atoms with Gasteiger partial charge >= 0.3 is 11.2 Å². The van der Waals surface area contributed by atoms with Crippen molar-refractivity contribution >= 4 is 17.7 Å². The molecule has 0 aromatic heterocycles. The minimum Gasteiger partial charge on any atom is -0.476 e. The van der Waals surface area contributed by atoms with Crippen molar-refractivity contribution in [1.82, 2.24) is 0 Å². The third kappa shape index (κ3) is 3.87. The molecule has 0 aromatic rings. The first-order chi connectivity index (χ1) is 5.40. The molecular formula is C6H10F2O3S. The lowest BCUT2D eigenvalue weighted by molar-refractivity contribution is -0.152. The summed E-state index contributed by atoms with van der Waals surface area (Å²) in [5, 5.41) is 12.7. The van der Waals surface area contributed by atoms with Crippen molar-refractivity contribution in [1.29, 1.82) is 0 Å². The topological polar surface area (TPSA) is 57.5 Å². The van der Waals surface area contributed by atoms with Crippen molar-refractivity contribution in [3.8, 4) is 0 Å². The third-order valence-electron chi connectivity index (χ3n) is 1.11. The van der Waals surface area contributed by atoms with Crippen LogP contribution in [0.4, 0.5) is 8.78 Å². The van der Waals surface area contributed by atoms with E-state index >= 15 is 0 Å². The maximum Gasteiger partial charge on any atom is 0.388 e. The number of alkyl halides is 2. The number of carboxylic acids is 1. The van der Waals surface area contributed by atoms with Crippen LogP contribution in [0.1, 0.15) is 6.92 Å². The van der Waals surface area contributed by atoms with Gasteiger partial charge in [0.2, 0.25) is 0 Å². The van der Waals surface area contributed by atoms with Gasteiger partial charge in [-0.25, -0.2) is 4.79 Å². The lowest BCUT2D eigenvalue weighted by Gasteiger charge is -2.12. The van der Waals surface area contributed by atoms with E-state index in [1.807, 2.05) is 0 Å². The first kappa shape index (κ1) is 11.6. The van der Waals surface area contributed by atoms with Crippen LogP contribution in [0.3, 0.4) is 0 Å². The summed E-state index contributed by atoms with van der Waals surface area (Å²) < 4.78 is 24.6. The van der Waals surface area contributed by atoms with E-state index in [1.165, 1.54) is 0 Å². The molecule has 2 N–H and O–H groups in total. The van der Waals surface area contributed by atoms with E-state index in [4.69, 9.17) is 10.2 Å². The summed E-state index contributed by atoms with van der Waals surface area (Å²) in [6.45, 7) is 1.34. The van der Waals surface area contributed by atoms with E-state index in [1.54, 1.807) is 6.92 Å². The molecule has 0 saturated carbocycles. The van der Waals surface area contributed by atoms with Gasteiger partial charge in [0.1, 0.15) is 0 Å². The van der Waals surface area contributed by atoms with E-state index in [9.17, 15) is 13.6 Å². The van der Waals surface area contributed by atoms with Crippen LogP contribution in [0.25, 0.3) is 0 Å². The van der Waals surface area contributed by atoms with Crippen LogP contribution < -0.4 is 0 Å². The number of carboxylic acid groups (broad SMARTS) is 1. The summed E-state index contributed by atoms with van der Waals surface area (Å²) in [5.74, 6) is -2.53.